The predicted octanol–water partition coefficient (Wildman–Crippen LogP) is 3.12. The number of nitrogens with zero attached hydrogens (tertiary/aromatic N) is 1. The molecule has 1 atom stereocenters. The summed E-state index contributed by atoms with van der Waals surface area (Å²) < 4.78 is 0. The first kappa shape index (κ1) is 11.3. The van der Waals surface area contributed by atoms with E-state index in [1.54, 1.807) is 11.3 Å². The summed E-state index contributed by atoms with van der Waals surface area (Å²) in [6.07, 6.45) is 0. The minimum atomic E-state index is -0.0985. The van der Waals surface area contributed by atoms with Crippen molar-refractivity contribution in [3.8, 4) is 0 Å². The van der Waals surface area contributed by atoms with Gasteiger partial charge in [0.1, 0.15) is 5.01 Å². The standard InChI is InChI=1S/C13H16N2S/c1-8-5-4-6-11(10(8)3)12(14)13-15-9(2)7-16-13/h4-7,12H,14H2,1-3H3. The van der Waals surface area contributed by atoms with E-state index in [4.69, 9.17) is 5.73 Å². The molecule has 1 unspecified atom stereocenters. The third kappa shape index (κ3) is 2.01. The second kappa shape index (κ2) is 4.36. The molecule has 1 aromatic heterocycles. The molecule has 3 heteroatoms. The average Bonchev–Trinajstić information content (AvgIpc) is 2.68. The lowest BCUT2D eigenvalue weighted by Crippen LogP contribution is -2.13. The van der Waals surface area contributed by atoms with E-state index in [1.807, 2.05) is 12.3 Å². The molecule has 0 spiro atoms. The van der Waals surface area contributed by atoms with Crippen LogP contribution < -0.4 is 5.73 Å². The predicted molar refractivity (Wildman–Crippen MR) is 68.8 cm³/mol. The van der Waals surface area contributed by atoms with Gasteiger partial charge in [-0.25, -0.2) is 4.98 Å². The van der Waals surface area contributed by atoms with Crippen molar-refractivity contribution >= 4 is 11.3 Å². The Kier molecular flexibility index (Phi) is 3.08. The fourth-order valence-corrected chi connectivity index (χ4v) is 2.57. The minimum Gasteiger partial charge on any atom is -0.318 e. The van der Waals surface area contributed by atoms with Crippen LogP contribution in [0.4, 0.5) is 0 Å². The zero-order valence-electron chi connectivity index (χ0n) is 9.82. The van der Waals surface area contributed by atoms with Crippen LogP contribution in [0.3, 0.4) is 0 Å². The molecule has 0 bridgehead atoms. The number of hydrogen-bond acceptors (Lipinski definition) is 3. The van der Waals surface area contributed by atoms with E-state index in [1.165, 1.54) is 16.7 Å². The van der Waals surface area contributed by atoms with Crippen LogP contribution in [0, 0.1) is 20.8 Å². The molecular formula is C13H16N2S. The van der Waals surface area contributed by atoms with Crippen LogP contribution in [0.25, 0.3) is 0 Å². The largest absolute Gasteiger partial charge is 0.318 e. The van der Waals surface area contributed by atoms with Crippen molar-refractivity contribution in [1.29, 1.82) is 0 Å². The molecule has 0 saturated carbocycles. The highest BCUT2D eigenvalue weighted by Crippen LogP contribution is 2.26. The Hall–Kier alpha value is -1.19. The lowest BCUT2D eigenvalue weighted by molar-refractivity contribution is 0.841. The van der Waals surface area contributed by atoms with E-state index >= 15 is 0 Å². The molecule has 0 amide bonds. The topological polar surface area (TPSA) is 38.9 Å². The van der Waals surface area contributed by atoms with Gasteiger partial charge in [0.25, 0.3) is 0 Å². The van der Waals surface area contributed by atoms with Crippen molar-refractivity contribution in [3.05, 3.63) is 51.0 Å². The molecular weight excluding hydrogens is 216 g/mol. The molecule has 2 nitrogen and oxygen atoms in total. The third-order valence-corrected chi connectivity index (χ3v) is 3.93. The number of benzene rings is 1. The maximum atomic E-state index is 6.25. The molecule has 1 heterocycles. The Labute approximate surface area is 100 Å². The van der Waals surface area contributed by atoms with Gasteiger partial charge in [-0.3, -0.25) is 0 Å². The summed E-state index contributed by atoms with van der Waals surface area (Å²) in [6, 6.07) is 6.15. The smallest absolute Gasteiger partial charge is 0.114 e. The van der Waals surface area contributed by atoms with Crippen LogP contribution >= 0.6 is 11.3 Å². The van der Waals surface area contributed by atoms with Crippen molar-refractivity contribution in [3.63, 3.8) is 0 Å². The van der Waals surface area contributed by atoms with Crippen LogP contribution in [0.2, 0.25) is 0 Å². The fraction of sp³-hybridized carbons (Fsp3) is 0.308. The van der Waals surface area contributed by atoms with E-state index in [-0.39, 0.29) is 6.04 Å². The summed E-state index contributed by atoms with van der Waals surface area (Å²) >= 11 is 1.63. The lowest BCUT2D eigenvalue weighted by Gasteiger charge is -2.13. The normalized spacial score (nSPS) is 12.8. The van der Waals surface area contributed by atoms with E-state index in [0.29, 0.717) is 0 Å². The second-order valence-corrected chi connectivity index (χ2v) is 4.98. The monoisotopic (exact) mass is 232 g/mol. The van der Waals surface area contributed by atoms with E-state index in [0.717, 1.165) is 10.7 Å². The van der Waals surface area contributed by atoms with Gasteiger partial charge in [0, 0.05) is 11.1 Å². The van der Waals surface area contributed by atoms with Gasteiger partial charge in [-0.05, 0) is 37.5 Å². The molecule has 0 aliphatic carbocycles. The van der Waals surface area contributed by atoms with Crippen molar-refractivity contribution in [2.75, 3.05) is 0 Å². The van der Waals surface area contributed by atoms with Gasteiger partial charge < -0.3 is 5.73 Å². The highest BCUT2D eigenvalue weighted by Gasteiger charge is 2.15. The van der Waals surface area contributed by atoms with Crippen LogP contribution in [0.5, 0.6) is 0 Å². The first-order valence-corrected chi connectivity index (χ1v) is 6.21. The fourth-order valence-electron chi connectivity index (χ4n) is 1.76. The molecule has 1 aromatic carbocycles. The molecule has 2 aromatic rings. The number of nitrogens with two attached hydrogens (primary N) is 1. The summed E-state index contributed by atoms with van der Waals surface area (Å²) in [7, 11) is 0. The van der Waals surface area contributed by atoms with Gasteiger partial charge in [-0.2, -0.15) is 0 Å². The Morgan fingerprint density at radius 2 is 2.00 bits per heavy atom. The van der Waals surface area contributed by atoms with Gasteiger partial charge in [-0.1, -0.05) is 18.2 Å². The molecule has 0 saturated heterocycles. The summed E-state index contributed by atoms with van der Waals surface area (Å²) in [5.74, 6) is 0. The van der Waals surface area contributed by atoms with Gasteiger partial charge in [0.05, 0.1) is 6.04 Å². The van der Waals surface area contributed by atoms with Crippen molar-refractivity contribution < 1.29 is 0 Å². The number of rotatable bonds is 2. The maximum absolute atomic E-state index is 6.25. The summed E-state index contributed by atoms with van der Waals surface area (Å²) in [5, 5.41) is 3.03. The summed E-state index contributed by atoms with van der Waals surface area (Å²) in [4.78, 5) is 4.45. The third-order valence-electron chi connectivity index (χ3n) is 2.88. The van der Waals surface area contributed by atoms with Crippen molar-refractivity contribution in [1.82, 2.24) is 4.98 Å². The molecule has 0 radical (unpaired) electrons. The molecule has 2 N–H and O–H groups in total. The van der Waals surface area contributed by atoms with Gasteiger partial charge in [0.2, 0.25) is 0 Å². The Balaban J connectivity index is 2.41. The second-order valence-electron chi connectivity index (χ2n) is 4.09. The van der Waals surface area contributed by atoms with Crippen LogP contribution in [0.15, 0.2) is 23.6 Å². The molecule has 2 rings (SSSR count). The lowest BCUT2D eigenvalue weighted by atomic mass is 9.98. The van der Waals surface area contributed by atoms with Crippen molar-refractivity contribution in [2.45, 2.75) is 26.8 Å². The minimum absolute atomic E-state index is 0.0985. The van der Waals surface area contributed by atoms with E-state index in [9.17, 15) is 0 Å². The van der Waals surface area contributed by atoms with Crippen molar-refractivity contribution in [2.24, 2.45) is 5.73 Å². The molecule has 16 heavy (non-hydrogen) atoms. The van der Waals surface area contributed by atoms with Gasteiger partial charge in [0.15, 0.2) is 0 Å². The molecule has 0 aliphatic rings. The van der Waals surface area contributed by atoms with Gasteiger partial charge >= 0.3 is 0 Å². The molecule has 84 valence electrons. The average molecular weight is 232 g/mol. The first-order valence-electron chi connectivity index (χ1n) is 5.33. The van der Waals surface area contributed by atoms with Crippen LogP contribution in [-0.2, 0) is 0 Å². The van der Waals surface area contributed by atoms with Crippen LogP contribution in [-0.4, -0.2) is 4.98 Å². The zero-order valence-corrected chi connectivity index (χ0v) is 10.6. The first-order chi connectivity index (χ1) is 7.59. The Morgan fingerprint density at radius 1 is 1.25 bits per heavy atom. The molecule has 0 aliphatic heterocycles. The number of hydrogen-bond donors (Lipinski definition) is 1. The Morgan fingerprint density at radius 3 is 2.62 bits per heavy atom. The number of aromatic nitrogens is 1. The Bertz CT molecular complexity index is 502. The highest BCUT2D eigenvalue weighted by atomic mass is 32.1. The molecule has 0 fully saturated rings. The maximum Gasteiger partial charge on any atom is 0.114 e. The summed E-state index contributed by atoms with van der Waals surface area (Å²) in [5.41, 5.74) is 11.0. The number of thiazole rings is 1. The summed E-state index contributed by atoms with van der Waals surface area (Å²) in [6.45, 7) is 6.22. The quantitative estimate of drug-likeness (QED) is 0.864. The highest BCUT2D eigenvalue weighted by molar-refractivity contribution is 7.09. The van der Waals surface area contributed by atoms with E-state index < -0.39 is 0 Å². The van der Waals surface area contributed by atoms with E-state index in [2.05, 4.69) is 37.0 Å². The SMILES string of the molecule is Cc1csc(C(N)c2cccc(C)c2C)n1. The number of aryl methyl sites for hydroxylation is 2. The van der Waals surface area contributed by atoms with Gasteiger partial charge in [-0.15, -0.1) is 11.3 Å². The van der Waals surface area contributed by atoms with Crippen LogP contribution in [0.1, 0.15) is 33.4 Å². The zero-order chi connectivity index (χ0) is 11.7.